The molecule has 0 unspecified atom stereocenters. The third-order valence-corrected chi connectivity index (χ3v) is 5.11. The smallest absolute Gasteiger partial charge is 0.256 e. The summed E-state index contributed by atoms with van der Waals surface area (Å²) < 4.78 is 8.78. The summed E-state index contributed by atoms with van der Waals surface area (Å²) in [5.74, 6) is 0.140. The Hall–Kier alpha value is -3.88. The van der Waals surface area contributed by atoms with Crippen LogP contribution in [0.15, 0.2) is 41.5 Å². The Bertz CT molecular complexity index is 1310. The van der Waals surface area contributed by atoms with Gasteiger partial charge in [-0.1, -0.05) is 0 Å². The van der Waals surface area contributed by atoms with Crippen molar-refractivity contribution in [2.45, 2.75) is 20.4 Å². The van der Waals surface area contributed by atoms with Gasteiger partial charge in [0.2, 0.25) is 0 Å². The van der Waals surface area contributed by atoms with Crippen LogP contribution in [0, 0.1) is 13.8 Å². The molecule has 0 atom stereocenters. The number of ether oxygens (including phenoxy) is 1. The highest BCUT2D eigenvalue weighted by Crippen LogP contribution is 2.30. The van der Waals surface area contributed by atoms with E-state index in [1.165, 1.54) is 7.11 Å². The molecule has 0 spiro atoms. The van der Waals surface area contributed by atoms with Crippen LogP contribution >= 0.6 is 0 Å². The second kappa shape index (κ2) is 7.51. The monoisotopic (exact) mass is 406 g/mol. The normalized spacial score (nSPS) is 11.1. The number of aryl methyl sites for hydroxylation is 2. The van der Waals surface area contributed by atoms with Crippen molar-refractivity contribution < 1.29 is 9.53 Å². The summed E-state index contributed by atoms with van der Waals surface area (Å²) in [5, 5.41) is 11.5. The van der Waals surface area contributed by atoms with E-state index in [0.29, 0.717) is 28.1 Å². The molecule has 9 nitrogen and oxygen atoms in total. The maximum absolute atomic E-state index is 13.2. The van der Waals surface area contributed by atoms with Gasteiger partial charge in [-0.25, -0.2) is 4.52 Å². The number of rotatable bonds is 5. The van der Waals surface area contributed by atoms with Gasteiger partial charge in [-0.2, -0.15) is 10.2 Å². The Morgan fingerprint density at radius 3 is 2.73 bits per heavy atom. The topological polar surface area (TPSA) is 106 Å². The lowest BCUT2D eigenvalue weighted by molar-refractivity contribution is 0.0951. The average Bonchev–Trinajstić information content (AvgIpc) is 3.26. The van der Waals surface area contributed by atoms with E-state index < -0.39 is 0 Å². The second-order valence-corrected chi connectivity index (χ2v) is 7.02. The molecule has 4 heterocycles. The number of aromatic amines is 1. The van der Waals surface area contributed by atoms with Crippen LogP contribution in [-0.4, -0.2) is 37.4 Å². The van der Waals surface area contributed by atoms with Gasteiger partial charge < -0.3 is 15.0 Å². The Balaban J connectivity index is 1.75. The van der Waals surface area contributed by atoms with E-state index in [0.717, 1.165) is 17.0 Å². The van der Waals surface area contributed by atoms with E-state index in [2.05, 4.69) is 20.5 Å². The van der Waals surface area contributed by atoms with E-state index in [1.807, 2.05) is 26.1 Å². The zero-order chi connectivity index (χ0) is 21.4. The number of pyridine rings is 1. The molecule has 0 aromatic carbocycles. The first-order valence-corrected chi connectivity index (χ1v) is 9.42. The van der Waals surface area contributed by atoms with Crippen molar-refractivity contribution in [3.8, 4) is 17.1 Å². The Morgan fingerprint density at radius 1 is 1.23 bits per heavy atom. The summed E-state index contributed by atoms with van der Waals surface area (Å²) in [4.78, 5) is 28.2. The molecule has 0 aliphatic rings. The van der Waals surface area contributed by atoms with Crippen molar-refractivity contribution >= 4 is 11.4 Å². The zero-order valence-electron chi connectivity index (χ0n) is 17.2. The number of nitrogens with one attached hydrogen (secondary N) is 2. The molecule has 0 aliphatic heterocycles. The number of nitrogens with zero attached hydrogens (tertiary/aromatic N) is 4. The molecule has 0 saturated carbocycles. The minimum atomic E-state index is -0.298. The Morgan fingerprint density at radius 2 is 2.03 bits per heavy atom. The number of fused-ring (bicyclic) bond motifs is 1. The minimum absolute atomic E-state index is 0.0374. The number of H-pyrrole nitrogens is 1. The standard InChI is InChI=1S/C21H22N6O3/c1-12-10-17(30-4)14(20(28)25-12)11-22-21(29)18-13(2)19(16-7-9-23-26(16)3)27-15(18)6-5-8-24-27/h5-10H,11H2,1-4H3,(H,22,29)(H,25,28). The number of amides is 1. The van der Waals surface area contributed by atoms with Crippen LogP contribution in [0.1, 0.15) is 27.2 Å². The average molecular weight is 406 g/mol. The number of hydrogen-bond donors (Lipinski definition) is 2. The first-order valence-electron chi connectivity index (χ1n) is 9.42. The Labute approximate surface area is 172 Å². The fraction of sp³-hybridized carbons (Fsp3) is 0.238. The van der Waals surface area contributed by atoms with Crippen molar-refractivity contribution in [1.29, 1.82) is 0 Å². The Kier molecular flexibility index (Phi) is 4.86. The van der Waals surface area contributed by atoms with Gasteiger partial charge in [-0.05, 0) is 43.7 Å². The van der Waals surface area contributed by atoms with Gasteiger partial charge in [-0.15, -0.1) is 0 Å². The molecule has 1 amide bonds. The molecular weight excluding hydrogens is 384 g/mol. The summed E-state index contributed by atoms with van der Waals surface area (Å²) in [6.45, 7) is 3.69. The minimum Gasteiger partial charge on any atom is -0.496 e. The first-order chi connectivity index (χ1) is 14.4. The quantitative estimate of drug-likeness (QED) is 0.527. The molecule has 4 aromatic rings. The largest absolute Gasteiger partial charge is 0.496 e. The lowest BCUT2D eigenvalue weighted by Crippen LogP contribution is -2.28. The van der Waals surface area contributed by atoms with Crippen molar-refractivity contribution in [3.63, 3.8) is 0 Å². The lowest BCUT2D eigenvalue weighted by atomic mass is 10.1. The van der Waals surface area contributed by atoms with E-state index >= 15 is 0 Å². The molecule has 0 fully saturated rings. The predicted molar refractivity (Wildman–Crippen MR) is 112 cm³/mol. The van der Waals surface area contributed by atoms with E-state index in [1.54, 1.807) is 40.6 Å². The van der Waals surface area contributed by atoms with Crippen molar-refractivity contribution in [1.82, 2.24) is 29.7 Å². The predicted octanol–water partition coefficient (Wildman–Crippen LogP) is 1.98. The molecule has 0 radical (unpaired) electrons. The summed E-state index contributed by atoms with van der Waals surface area (Å²) >= 11 is 0. The van der Waals surface area contributed by atoms with Gasteiger partial charge in [0.1, 0.15) is 5.75 Å². The number of aromatic nitrogens is 5. The summed E-state index contributed by atoms with van der Waals surface area (Å²) in [6, 6.07) is 7.23. The number of carbonyl (C=O) groups excluding carboxylic acids is 1. The third-order valence-electron chi connectivity index (χ3n) is 5.11. The van der Waals surface area contributed by atoms with Crippen molar-refractivity contribution in [2.24, 2.45) is 7.05 Å². The molecule has 0 bridgehead atoms. The lowest BCUT2D eigenvalue weighted by Gasteiger charge is -2.10. The van der Waals surface area contributed by atoms with Gasteiger partial charge in [0, 0.05) is 25.1 Å². The van der Waals surface area contributed by atoms with Gasteiger partial charge in [0.15, 0.2) is 0 Å². The van der Waals surface area contributed by atoms with Gasteiger partial charge in [-0.3, -0.25) is 14.3 Å². The van der Waals surface area contributed by atoms with E-state index in [4.69, 9.17) is 4.74 Å². The highest BCUT2D eigenvalue weighted by atomic mass is 16.5. The molecule has 30 heavy (non-hydrogen) atoms. The molecule has 154 valence electrons. The van der Waals surface area contributed by atoms with E-state index in [-0.39, 0.29) is 18.0 Å². The van der Waals surface area contributed by atoms with Gasteiger partial charge in [0.25, 0.3) is 11.5 Å². The van der Waals surface area contributed by atoms with Crippen LogP contribution in [0.25, 0.3) is 16.9 Å². The zero-order valence-corrected chi connectivity index (χ0v) is 17.2. The van der Waals surface area contributed by atoms with Crippen LogP contribution in [0.2, 0.25) is 0 Å². The molecule has 4 aromatic heterocycles. The first kappa shape index (κ1) is 19.4. The maximum Gasteiger partial charge on any atom is 0.256 e. The van der Waals surface area contributed by atoms with E-state index in [9.17, 15) is 9.59 Å². The van der Waals surface area contributed by atoms with Crippen LogP contribution in [0.5, 0.6) is 5.75 Å². The van der Waals surface area contributed by atoms with Crippen LogP contribution in [0.3, 0.4) is 0 Å². The molecule has 4 rings (SSSR count). The van der Waals surface area contributed by atoms with Crippen molar-refractivity contribution in [3.05, 3.63) is 69.4 Å². The fourth-order valence-electron chi connectivity index (χ4n) is 3.70. The fourth-order valence-corrected chi connectivity index (χ4v) is 3.70. The number of carbonyl (C=O) groups is 1. The highest BCUT2D eigenvalue weighted by Gasteiger charge is 2.24. The number of methoxy groups -OCH3 is 1. The molecule has 0 aliphatic carbocycles. The third kappa shape index (κ3) is 3.14. The molecule has 0 saturated heterocycles. The molecule has 9 heteroatoms. The van der Waals surface area contributed by atoms with Crippen LogP contribution in [0.4, 0.5) is 0 Å². The highest BCUT2D eigenvalue weighted by molar-refractivity contribution is 6.04. The van der Waals surface area contributed by atoms with Gasteiger partial charge in [0.05, 0.1) is 41.7 Å². The summed E-state index contributed by atoms with van der Waals surface area (Å²) in [5.41, 5.74) is 4.35. The van der Waals surface area contributed by atoms with Crippen LogP contribution in [-0.2, 0) is 13.6 Å². The van der Waals surface area contributed by atoms with Crippen molar-refractivity contribution in [2.75, 3.05) is 7.11 Å². The second-order valence-electron chi connectivity index (χ2n) is 7.02. The van der Waals surface area contributed by atoms with Gasteiger partial charge >= 0.3 is 0 Å². The number of hydrogen-bond acceptors (Lipinski definition) is 5. The molecule has 2 N–H and O–H groups in total. The SMILES string of the molecule is COc1cc(C)[nH]c(=O)c1CNC(=O)c1c(C)c(-c2ccnn2C)n2ncccc12. The summed E-state index contributed by atoms with van der Waals surface area (Å²) in [7, 11) is 3.34. The van der Waals surface area contributed by atoms with Crippen LogP contribution < -0.4 is 15.6 Å². The maximum atomic E-state index is 13.2. The molecular formula is C21H22N6O3. The summed E-state index contributed by atoms with van der Waals surface area (Å²) in [6.07, 6.45) is 3.37.